The molecule has 1 aromatic rings. The molecule has 1 N–H and O–H groups in total. The fraction of sp³-hybridized carbons (Fsp3) is 0.750. The zero-order valence-electron chi connectivity index (χ0n) is 14.0. The Morgan fingerprint density at radius 2 is 2.14 bits per heavy atom. The number of rotatable bonds is 5. The zero-order valence-corrected chi connectivity index (χ0v) is 14.0. The first-order valence-corrected chi connectivity index (χ1v) is 7.85. The van der Waals surface area contributed by atoms with Gasteiger partial charge in [-0.25, -0.2) is 0 Å². The molecule has 1 aromatic heterocycles. The summed E-state index contributed by atoms with van der Waals surface area (Å²) in [4.78, 5) is 14.4. The van der Waals surface area contributed by atoms with Crippen LogP contribution in [0.3, 0.4) is 0 Å². The first-order valence-electron chi connectivity index (χ1n) is 7.85. The summed E-state index contributed by atoms with van der Waals surface area (Å²) in [5, 5.41) is 14.2. The van der Waals surface area contributed by atoms with E-state index < -0.39 is 0 Å². The summed E-state index contributed by atoms with van der Waals surface area (Å²) in [7, 11) is 1.80. The minimum Gasteiger partial charge on any atom is -0.396 e. The van der Waals surface area contributed by atoms with E-state index in [9.17, 15) is 9.90 Å². The summed E-state index contributed by atoms with van der Waals surface area (Å²) in [6.45, 7) is 7.68. The molecular formula is C16H27N3O3. The molecule has 1 aliphatic heterocycles. The van der Waals surface area contributed by atoms with Crippen molar-refractivity contribution in [2.24, 2.45) is 5.41 Å². The topological polar surface area (TPSA) is 67.6 Å². The minimum absolute atomic E-state index is 0.0190. The van der Waals surface area contributed by atoms with Crippen LogP contribution in [-0.2, 0) is 9.53 Å². The van der Waals surface area contributed by atoms with Gasteiger partial charge in [-0.2, -0.15) is 5.10 Å². The number of aromatic nitrogens is 2. The summed E-state index contributed by atoms with van der Waals surface area (Å²) in [6.07, 6.45) is 1.57. The van der Waals surface area contributed by atoms with Gasteiger partial charge < -0.3 is 14.7 Å². The number of hydrogen-bond acceptors (Lipinski definition) is 4. The fourth-order valence-corrected chi connectivity index (χ4v) is 3.21. The van der Waals surface area contributed by atoms with Gasteiger partial charge in [-0.1, -0.05) is 0 Å². The van der Waals surface area contributed by atoms with Crippen LogP contribution in [0, 0.1) is 19.3 Å². The molecule has 124 valence electrons. The maximum Gasteiger partial charge on any atom is 0.246 e. The Balaban J connectivity index is 2.06. The second kappa shape index (κ2) is 6.79. The van der Waals surface area contributed by atoms with Crippen LogP contribution < -0.4 is 0 Å². The van der Waals surface area contributed by atoms with Crippen LogP contribution in [0.5, 0.6) is 0 Å². The number of nitrogens with zero attached hydrogens (tertiary/aromatic N) is 3. The van der Waals surface area contributed by atoms with E-state index in [1.807, 2.05) is 26.8 Å². The first kappa shape index (κ1) is 17.0. The molecule has 1 amide bonds. The van der Waals surface area contributed by atoms with E-state index in [1.54, 1.807) is 16.6 Å². The molecule has 1 aliphatic rings. The number of ether oxygens (including phenoxy) is 1. The number of carbonyl (C=O) groups is 1. The molecule has 6 heteroatoms. The number of amides is 1. The van der Waals surface area contributed by atoms with Gasteiger partial charge in [-0.05, 0) is 39.7 Å². The van der Waals surface area contributed by atoms with E-state index in [0.717, 1.165) is 24.2 Å². The number of aliphatic hydroxyl groups is 1. The van der Waals surface area contributed by atoms with Gasteiger partial charge in [0.1, 0.15) is 6.04 Å². The van der Waals surface area contributed by atoms with Crippen LogP contribution in [0.15, 0.2) is 6.07 Å². The van der Waals surface area contributed by atoms with Crippen molar-refractivity contribution in [3.05, 3.63) is 17.5 Å². The SMILES string of the molecule is Cc1cc(C)n([C@H](C)C(=O)N(C)CC2(CO)CCOCC2)n1. The van der Waals surface area contributed by atoms with Crippen LogP contribution >= 0.6 is 0 Å². The van der Waals surface area contributed by atoms with Gasteiger partial charge in [0.25, 0.3) is 0 Å². The Bertz CT molecular complexity index is 521. The maximum absolute atomic E-state index is 12.7. The average Bonchev–Trinajstić information content (AvgIpc) is 2.85. The van der Waals surface area contributed by atoms with Crippen molar-refractivity contribution in [1.82, 2.24) is 14.7 Å². The molecule has 0 aromatic carbocycles. The van der Waals surface area contributed by atoms with Gasteiger partial charge in [-0.15, -0.1) is 0 Å². The first-order chi connectivity index (χ1) is 10.4. The van der Waals surface area contributed by atoms with Crippen molar-refractivity contribution in [2.75, 3.05) is 33.4 Å². The maximum atomic E-state index is 12.7. The predicted molar refractivity (Wildman–Crippen MR) is 83.6 cm³/mol. The number of carbonyl (C=O) groups excluding carboxylic acids is 1. The van der Waals surface area contributed by atoms with Crippen molar-refractivity contribution in [3.63, 3.8) is 0 Å². The normalized spacial score (nSPS) is 19.0. The molecular weight excluding hydrogens is 282 g/mol. The van der Waals surface area contributed by atoms with Gasteiger partial charge in [0.05, 0.1) is 12.3 Å². The molecule has 0 radical (unpaired) electrons. The van der Waals surface area contributed by atoms with Crippen molar-refractivity contribution < 1.29 is 14.6 Å². The van der Waals surface area contributed by atoms with Gasteiger partial charge in [-0.3, -0.25) is 9.48 Å². The summed E-state index contributed by atoms with van der Waals surface area (Å²) >= 11 is 0. The molecule has 0 saturated carbocycles. The predicted octanol–water partition coefficient (Wildman–Crippen LogP) is 1.31. The standard InChI is InChI=1S/C16H27N3O3/c1-12-9-13(2)19(17-12)14(3)15(21)18(4)10-16(11-20)5-7-22-8-6-16/h9,14,20H,5-8,10-11H2,1-4H3/t14-/m1/s1. The molecule has 2 rings (SSSR count). The third-order valence-corrected chi connectivity index (χ3v) is 4.61. The highest BCUT2D eigenvalue weighted by molar-refractivity contribution is 5.79. The Morgan fingerprint density at radius 3 is 2.64 bits per heavy atom. The van der Waals surface area contributed by atoms with Gasteiger partial charge in [0.2, 0.25) is 5.91 Å². The molecule has 1 fully saturated rings. The van der Waals surface area contributed by atoms with Crippen LogP contribution in [-0.4, -0.2) is 59.1 Å². The fourth-order valence-electron chi connectivity index (χ4n) is 3.21. The number of likely N-dealkylation sites (N-methyl/N-ethyl adjacent to an activating group) is 1. The lowest BCUT2D eigenvalue weighted by Crippen LogP contribution is -2.46. The smallest absolute Gasteiger partial charge is 0.246 e. The average molecular weight is 309 g/mol. The molecule has 0 spiro atoms. The molecule has 2 heterocycles. The van der Waals surface area contributed by atoms with E-state index >= 15 is 0 Å². The third-order valence-electron chi connectivity index (χ3n) is 4.61. The molecule has 1 saturated heterocycles. The summed E-state index contributed by atoms with van der Waals surface area (Å²) in [6, 6.07) is 1.63. The van der Waals surface area contributed by atoms with Crippen molar-refractivity contribution in [1.29, 1.82) is 0 Å². The minimum atomic E-state index is -0.339. The molecule has 0 bridgehead atoms. The summed E-state index contributed by atoms with van der Waals surface area (Å²) < 4.78 is 7.14. The number of aryl methyl sites for hydroxylation is 2. The number of hydrogen-bond donors (Lipinski definition) is 1. The zero-order chi connectivity index (χ0) is 16.3. The highest BCUT2D eigenvalue weighted by atomic mass is 16.5. The Hall–Kier alpha value is -1.40. The van der Waals surface area contributed by atoms with Crippen LogP contribution in [0.1, 0.15) is 37.2 Å². The lowest BCUT2D eigenvalue weighted by molar-refractivity contribution is -0.136. The monoisotopic (exact) mass is 309 g/mol. The second-order valence-electron chi connectivity index (χ2n) is 6.51. The number of aliphatic hydroxyl groups excluding tert-OH is 1. The van der Waals surface area contributed by atoms with Gasteiger partial charge in [0.15, 0.2) is 0 Å². The third kappa shape index (κ3) is 3.50. The van der Waals surface area contributed by atoms with Crippen molar-refractivity contribution in [3.8, 4) is 0 Å². The second-order valence-corrected chi connectivity index (χ2v) is 6.51. The lowest BCUT2D eigenvalue weighted by atomic mass is 9.80. The Kier molecular flexibility index (Phi) is 5.24. The quantitative estimate of drug-likeness (QED) is 0.890. The van der Waals surface area contributed by atoms with Crippen LogP contribution in [0.4, 0.5) is 0 Å². The van der Waals surface area contributed by atoms with Gasteiger partial charge >= 0.3 is 0 Å². The van der Waals surface area contributed by atoms with Crippen LogP contribution in [0.2, 0.25) is 0 Å². The summed E-state index contributed by atoms with van der Waals surface area (Å²) in [5.74, 6) is 0.0190. The van der Waals surface area contributed by atoms with E-state index in [2.05, 4.69) is 5.10 Å². The molecule has 22 heavy (non-hydrogen) atoms. The van der Waals surface area contributed by atoms with Gasteiger partial charge in [0, 0.05) is 37.9 Å². The summed E-state index contributed by atoms with van der Waals surface area (Å²) in [5.41, 5.74) is 1.66. The Labute approximate surface area is 132 Å². The Morgan fingerprint density at radius 1 is 1.50 bits per heavy atom. The van der Waals surface area contributed by atoms with E-state index in [1.165, 1.54) is 0 Å². The highest BCUT2D eigenvalue weighted by Gasteiger charge is 2.35. The lowest BCUT2D eigenvalue weighted by Gasteiger charge is -2.39. The molecule has 1 atom stereocenters. The molecule has 0 aliphatic carbocycles. The molecule has 0 unspecified atom stereocenters. The van der Waals surface area contributed by atoms with E-state index in [0.29, 0.717) is 19.8 Å². The highest BCUT2D eigenvalue weighted by Crippen LogP contribution is 2.31. The van der Waals surface area contributed by atoms with Crippen molar-refractivity contribution in [2.45, 2.75) is 39.7 Å². The molecule has 6 nitrogen and oxygen atoms in total. The van der Waals surface area contributed by atoms with E-state index in [4.69, 9.17) is 4.74 Å². The largest absolute Gasteiger partial charge is 0.396 e. The van der Waals surface area contributed by atoms with Crippen molar-refractivity contribution >= 4 is 5.91 Å². The van der Waals surface area contributed by atoms with E-state index in [-0.39, 0.29) is 24.0 Å². The van der Waals surface area contributed by atoms with Crippen LogP contribution in [0.25, 0.3) is 0 Å².